The van der Waals surface area contributed by atoms with Crippen LogP contribution in [-0.2, 0) is 28.7 Å². The van der Waals surface area contributed by atoms with Crippen molar-refractivity contribution in [3.63, 3.8) is 0 Å². The van der Waals surface area contributed by atoms with Gasteiger partial charge in [0.1, 0.15) is 5.75 Å². The van der Waals surface area contributed by atoms with E-state index in [-0.39, 0.29) is 31.1 Å². The molecule has 12 heteroatoms. The Hall–Kier alpha value is -2.59. The molecule has 0 heterocycles. The predicted octanol–water partition coefficient (Wildman–Crippen LogP) is 5.69. The molecule has 0 fully saturated rings. The summed E-state index contributed by atoms with van der Waals surface area (Å²) in [7, 11) is -2.31. The molecule has 0 aliphatic rings. The molecule has 0 unspecified atom stereocenters. The summed E-state index contributed by atoms with van der Waals surface area (Å²) >= 11 is 0. The number of alkyl halides is 3. The number of carbonyl (C=O) groups excluding carboxylic acids is 1. The summed E-state index contributed by atoms with van der Waals surface area (Å²) in [5.74, 6) is -2.29. The quantitative estimate of drug-likeness (QED) is 0.265. The molecule has 2 atom stereocenters. The maximum atomic E-state index is 13.8. The van der Waals surface area contributed by atoms with E-state index in [0.29, 0.717) is 11.3 Å². The minimum absolute atomic E-state index is 0.0850. The lowest BCUT2D eigenvalue weighted by Crippen LogP contribution is -2.50. The first-order valence-corrected chi connectivity index (χ1v) is 12.9. The van der Waals surface area contributed by atoms with E-state index in [0.717, 1.165) is 12.1 Å². The van der Waals surface area contributed by atoms with Crippen molar-refractivity contribution in [2.24, 2.45) is 0 Å². The standard InChI is InChI=1S/C24H31F3NO7P/c1-6-33-22(29)23(30,24(25,26)27)18-11-14-20(16(4)15-18)28-21(36(31,34-7-2)35-8-3)17-9-12-19(32-5)13-10-17/h9-15,21,28,30H,6-8H2,1-5H3/t21-,23+/m1/s1. The van der Waals surface area contributed by atoms with Gasteiger partial charge in [-0.2, -0.15) is 13.2 Å². The molecule has 2 aromatic rings. The zero-order valence-electron chi connectivity index (χ0n) is 20.7. The molecule has 0 aliphatic carbocycles. The summed E-state index contributed by atoms with van der Waals surface area (Å²) in [5.41, 5.74) is -3.53. The fourth-order valence-corrected chi connectivity index (χ4v) is 5.44. The van der Waals surface area contributed by atoms with Gasteiger partial charge >= 0.3 is 19.7 Å². The number of carbonyl (C=O) groups is 1. The Labute approximate surface area is 208 Å². The van der Waals surface area contributed by atoms with Gasteiger partial charge in [0.2, 0.25) is 0 Å². The highest BCUT2D eigenvalue weighted by atomic mass is 31.2. The van der Waals surface area contributed by atoms with Gasteiger partial charge in [-0.3, -0.25) is 4.57 Å². The number of esters is 1. The molecular weight excluding hydrogens is 502 g/mol. The number of hydrogen-bond donors (Lipinski definition) is 2. The van der Waals surface area contributed by atoms with Crippen LogP contribution >= 0.6 is 7.60 Å². The van der Waals surface area contributed by atoms with Crippen LogP contribution in [0.4, 0.5) is 18.9 Å². The largest absolute Gasteiger partial charge is 0.497 e. The molecule has 200 valence electrons. The highest BCUT2D eigenvalue weighted by Crippen LogP contribution is 2.61. The second-order valence-corrected chi connectivity index (χ2v) is 9.77. The van der Waals surface area contributed by atoms with Crippen LogP contribution in [0.25, 0.3) is 0 Å². The highest BCUT2D eigenvalue weighted by Gasteiger charge is 2.62. The Balaban J connectivity index is 2.57. The molecule has 36 heavy (non-hydrogen) atoms. The van der Waals surface area contributed by atoms with E-state index in [2.05, 4.69) is 10.1 Å². The van der Waals surface area contributed by atoms with Gasteiger partial charge in [0.05, 0.1) is 26.9 Å². The summed E-state index contributed by atoms with van der Waals surface area (Å²) in [4.78, 5) is 12.1. The molecule has 0 amide bonds. The summed E-state index contributed by atoms with van der Waals surface area (Å²) < 4.78 is 75.7. The zero-order valence-corrected chi connectivity index (χ0v) is 21.6. The van der Waals surface area contributed by atoms with Gasteiger partial charge in [0, 0.05) is 11.3 Å². The number of halogens is 3. The Morgan fingerprint density at radius 3 is 2.06 bits per heavy atom. The van der Waals surface area contributed by atoms with Crippen LogP contribution in [0, 0.1) is 6.92 Å². The van der Waals surface area contributed by atoms with Crippen molar-refractivity contribution in [1.82, 2.24) is 0 Å². The van der Waals surface area contributed by atoms with Crippen molar-refractivity contribution in [3.05, 3.63) is 59.2 Å². The van der Waals surface area contributed by atoms with E-state index < -0.39 is 36.7 Å². The third-order valence-corrected chi connectivity index (χ3v) is 7.58. The molecule has 0 saturated heterocycles. The van der Waals surface area contributed by atoms with Gasteiger partial charge in [-0.05, 0) is 57.0 Å². The van der Waals surface area contributed by atoms with Gasteiger partial charge in [0.25, 0.3) is 5.60 Å². The maximum absolute atomic E-state index is 13.8. The second-order valence-electron chi connectivity index (χ2n) is 7.65. The first-order chi connectivity index (χ1) is 16.9. The number of nitrogens with one attached hydrogen (secondary N) is 1. The van der Waals surface area contributed by atoms with Crippen LogP contribution in [0.5, 0.6) is 5.75 Å². The minimum Gasteiger partial charge on any atom is -0.497 e. The van der Waals surface area contributed by atoms with Gasteiger partial charge < -0.3 is 28.9 Å². The fourth-order valence-electron chi connectivity index (χ4n) is 3.51. The van der Waals surface area contributed by atoms with Crippen LogP contribution in [0.1, 0.15) is 43.2 Å². The van der Waals surface area contributed by atoms with E-state index in [1.165, 1.54) is 27.0 Å². The second kappa shape index (κ2) is 12.1. The number of ether oxygens (including phenoxy) is 2. The molecule has 2 rings (SSSR count). The molecule has 0 bridgehead atoms. The van der Waals surface area contributed by atoms with Crippen LogP contribution in [0.15, 0.2) is 42.5 Å². The van der Waals surface area contributed by atoms with Gasteiger partial charge in [-0.25, -0.2) is 4.79 Å². The molecule has 0 aromatic heterocycles. The van der Waals surface area contributed by atoms with Crippen molar-refractivity contribution in [2.45, 2.75) is 45.3 Å². The molecular formula is C24H31F3NO7P. The Bertz CT molecular complexity index is 1070. The van der Waals surface area contributed by atoms with Gasteiger partial charge in [-0.1, -0.05) is 24.3 Å². The topological polar surface area (TPSA) is 103 Å². The van der Waals surface area contributed by atoms with Gasteiger partial charge in [0.15, 0.2) is 5.78 Å². The van der Waals surface area contributed by atoms with E-state index >= 15 is 0 Å². The summed E-state index contributed by atoms with van der Waals surface area (Å²) in [6, 6.07) is 9.86. The van der Waals surface area contributed by atoms with Crippen LogP contribution in [0.3, 0.4) is 0 Å². The Morgan fingerprint density at radius 1 is 1.03 bits per heavy atom. The minimum atomic E-state index is -5.33. The number of aryl methyl sites for hydroxylation is 1. The van der Waals surface area contributed by atoms with Crippen molar-refractivity contribution in [3.8, 4) is 5.75 Å². The lowest BCUT2D eigenvalue weighted by Gasteiger charge is -2.30. The van der Waals surface area contributed by atoms with Crippen molar-refractivity contribution in [2.75, 3.05) is 32.2 Å². The third-order valence-electron chi connectivity index (χ3n) is 5.28. The van der Waals surface area contributed by atoms with Crippen LogP contribution < -0.4 is 10.1 Å². The lowest BCUT2D eigenvalue weighted by atomic mass is 9.91. The molecule has 2 aromatic carbocycles. The molecule has 0 aliphatic heterocycles. The van der Waals surface area contributed by atoms with Crippen molar-refractivity contribution in [1.29, 1.82) is 0 Å². The number of benzene rings is 2. The monoisotopic (exact) mass is 533 g/mol. The smallest absolute Gasteiger partial charge is 0.432 e. The highest BCUT2D eigenvalue weighted by molar-refractivity contribution is 7.54. The molecule has 0 spiro atoms. The van der Waals surface area contributed by atoms with E-state index in [4.69, 9.17) is 13.8 Å². The first-order valence-electron chi connectivity index (χ1n) is 11.2. The predicted molar refractivity (Wildman–Crippen MR) is 128 cm³/mol. The molecule has 8 nitrogen and oxygen atoms in total. The third kappa shape index (κ3) is 6.21. The summed E-state index contributed by atoms with van der Waals surface area (Å²) in [6.45, 7) is 5.95. The average Bonchev–Trinajstić information content (AvgIpc) is 2.82. The van der Waals surface area contributed by atoms with Crippen LogP contribution in [0.2, 0.25) is 0 Å². The maximum Gasteiger partial charge on any atom is 0.432 e. The SMILES string of the molecule is CCOC(=O)[C@@](O)(c1ccc(N[C@@H](c2ccc(OC)cc2)P(=O)(OCC)OCC)c(C)c1)C(F)(F)F. The van der Waals surface area contributed by atoms with Gasteiger partial charge in [-0.15, -0.1) is 0 Å². The lowest BCUT2D eigenvalue weighted by molar-refractivity contribution is -0.267. The molecule has 0 radical (unpaired) electrons. The van der Waals surface area contributed by atoms with E-state index in [1.54, 1.807) is 38.1 Å². The first kappa shape index (κ1) is 29.6. The number of methoxy groups -OCH3 is 1. The number of hydrogen-bond acceptors (Lipinski definition) is 8. The summed E-state index contributed by atoms with van der Waals surface area (Å²) in [5, 5.41) is 13.4. The normalized spacial score (nSPS) is 14.6. The van der Waals surface area contributed by atoms with Crippen molar-refractivity contribution < 1.29 is 46.2 Å². The van der Waals surface area contributed by atoms with E-state index in [9.17, 15) is 27.6 Å². The van der Waals surface area contributed by atoms with Crippen LogP contribution in [-0.4, -0.2) is 44.2 Å². The average molecular weight is 533 g/mol. The Morgan fingerprint density at radius 2 is 1.61 bits per heavy atom. The van der Waals surface area contributed by atoms with Crippen molar-refractivity contribution >= 4 is 19.3 Å². The summed E-state index contributed by atoms with van der Waals surface area (Å²) in [6.07, 6.45) is -5.33. The molecule has 0 saturated carbocycles. The Kier molecular flexibility index (Phi) is 9.96. The number of anilines is 1. The number of aliphatic hydroxyl groups is 1. The fraction of sp³-hybridized carbons (Fsp3) is 0.458. The number of rotatable bonds is 12. The molecule has 2 N–H and O–H groups in total. The zero-order chi connectivity index (χ0) is 27.1. The van der Waals surface area contributed by atoms with E-state index in [1.807, 2.05) is 0 Å².